The van der Waals surface area contributed by atoms with Crippen molar-refractivity contribution in [2.24, 2.45) is 0 Å². The van der Waals surface area contributed by atoms with E-state index in [2.05, 4.69) is 25.3 Å². The number of carbonyl (C=O) groups excluding carboxylic acids is 1. The van der Waals surface area contributed by atoms with E-state index in [1.165, 1.54) is 18.1 Å². The number of thioether (sulfide) groups is 1. The molecule has 0 saturated carbocycles. The second-order valence-electron chi connectivity index (χ2n) is 5.10. The van der Waals surface area contributed by atoms with Gasteiger partial charge in [-0.1, -0.05) is 11.8 Å². The molecule has 8 nitrogen and oxygen atoms in total. The van der Waals surface area contributed by atoms with Crippen LogP contribution in [-0.2, 0) is 4.79 Å². The lowest BCUT2D eigenvalue weighted by Gasteiger charge is -2.14. The number of aromatic nitrogens is 4. The Labute approximate surface area is 148 Å². The molecule has 9 heteroatoms. The SMILES string of the molecule is COc1ccc(NC(=O)[C@@H](C)Sc2ncnc3nc[nH]c23)c(OC)c1. The van der Waals surface area contributed by atoms with E-state index in [0.717, 1.165) is 0 Å². The van der Waals surface area contributed by atoms with E-state index in [1.54, 1.807) is 45.7 Å². The zero-order valence-electron chi connectivity index (χ0n) is 13.9. The Kier molecular flexibility index (Phi) is 5.03. The van der Waals surface area contributed by atoms with Crippen molar-refractivity contribution in [1.29, 1.82) is 0 Å². The Hall–Kier alpha value is -2.81. The van der Waals surface area contributed by atoms with Gasteiger partial charge in [0.2, 0.25) is 5.91 Å². The van der Waals surface area contributed by atoms with Gasteiger partial charge in [0.1, 0.15) is 28.4 Å². The summed E-state index contributed by atoms with van der Waals surface area (Å²) in [6, 6.07) is 5.21. The quantitative estimate of drug-likeness (QED) is 0.515. The Morgan fingerprint density at radius 2 is 2.08 bits per heavy atom. The van der Waals surface area contributed by atoms with E-state index < -0.39 is 0 Å². The van der Waals surface area contributed by atoms with Gasteiger partial charge in [0.05, 0.1) is 31.5 Å². The van der Waals surface area contributed by atoms with Crippen molar-refractivity contribution < 1.29 is 14.3 Å². The van der Waals surface area contributed by atoms with E-state index in [0.29, 0.717) is 33.4 Å². The second kappa shape index (κ2) is 7.39. The van der Waals surface area contributed by atoms with Crippen LogP contribution in [0.15, 0.2) is 35.9 Å². The maximum atomic E-state index is 12.5. The van der Waals surface area contributed by atoms with Gasteiger partial charge in [-0.2, -0.15) is 0 Å². The van der Waals surface area contributed by atoms with Crippen molar-refractivity contribution >= 4 is 34.5 Å². The molecule has 2 N–H and O–H groups in total. The number of anilines is 1. The molecule has 0 unspecified atom stereocenters. The Balaban J connectivity index is 1.74. The van der Waals surface area contributed by atoms with E-state index in [1.807, 2.05) is 0 Å². The van der Waals surface area contributed by atoms with Crippen LogP contribution < -0.4 is 14.8 Å². The van der Waals surface area contributed by atoms with Gasteiger partial charge in [0.15, 0.2) is 5.65 Å². The largest absolute Gasteiger partial charge is 0.497 e. The molecule has 0 aliphatic heterocycles. The van der Waals surface area contributed by atoms with Crippen LogP contribution in [0.2, 0.25) is 0 Å². The fraction of sp³-hybridized carbons (Fsp3) is 0.250. The maximum Gasteiger partial charge on any atom is 0.237 e. The van der Waals surface area contributed by atoms with Gasteiger partial charge in [0.25, 0.3) is 0 Å². The van der Waals surface area contributed by atoms with E-state index in [9.17, 15) is 4.79 Å². The van der Waals surface area contributed by atoms with Crippen LogP contribution in [0.1, 0.15) is 6.92 Å². The number of hydrogen-bond acceptors (Lipinski definition) is 7. The molecule has 1 atom stereocenters. The van der Waals surface area contributed by atoms with Gasteiger partial charge >= 0.3 is 0 Å². The molecule has 1 amide bonds. The average molecular weight is 359 g/mol. The molecule has 0 saturated heterocycles. The van der Waals surface area contributed by atoms with Gasteiger partial charge in [-0.15, -0.1) is 0 Å². The van der Waals surface area contributed by atoms with Crippen LogP contribution in [0.4, 0.5) is 5.69 Å². The highest BCUT2D eigenvalue weighted by molar-refractivity contribution is 8.00. The summed E-state index contributed by atoms with van der Waals surface area (Å²) in [6.45, 7) is 1.81. The van der Waals surface area contributed by atoms with Crippen LogP contribution in [0.3, 0.4) is 0 Å². The molecule has 2 heterocycles. The molecule has 25 heavy (non-hydrogen) atoms. The van der Waals surface area contributed by atoms with Crippen LogP contribution >= 0.6 is 11.8 Å². The second-order valence-corrected chi connectivity index (χ2v) is 6.43. The molecule has 2 aromatic heterocycles. The topological polar surface area (TPSA) is 102 Å². The molecule has 0 aliphatic rings. The van der Waals surface area contributed by atoms with Crippen molar-refractivity contribution in [3.8, 4) is 11.5 Å². The zero-order valence-corrected chi connectivity index (χ0v) is 14.8. The molecule has 130 valence electrons. The number of methoxy groups -OCH3 is 2. The Morgan fingerprint density at radius 3 is 2.84 bits per heavy atom. The molecule has 1 aromatic carbocycles. The molecule has 3 rings (SSSR count). The predicted octanol–water partition coefficient (Wildman–Crippen LogP) is 2.49. The number of aromatic amines is 1. The lowest BCUT2D eigenvalue weighted by molar-refractivity contribution is -0.115. The van der Waals surface area contributed by atoms with Crippen molar-refractivity contribution in [2.75, 3.05) is 19.5 Å². The molecule has 3 aromatic rings. The number of ether oxygens (including phenoxy) is 2. The van der Waals surface area contributed by atoms with Crippen molar-refractivity contribution in [3.05, 3.63) is 30.9 Å². The smallest absolute Gasteiger partial charge is 0.237 e. The summed E-state index contributed by atoms with van der Waals surface area (Å²) in [5, 5.41) is 3.16. The maximum absolute atomic E-state index is 12.5. The van der Waals surface area contributed by atoms with Gasteiger partial charge in [0, 0.05) is 6.07 Å². The predicted molar refractivity (Wildman–Crippen MR) is 95.2 cm³/mol. The number of amides is 1. The molecular weight excluding hydrogens is 342 g/mol. The number of rotatable bonds is 6. The summed E-state index contributed by atoms with van der Waals surface area (Å²) in [5.74, 6) is 1.02. The first-order valence-corrected chi connectivity index (χ1v) is 8.34. The average Bonchev–Trinajstić information content (AvgIpc) is 3.11. The summed E-state index contributed by atoms with van der Waals surface area (Å²) in [4.78, 5) is 27.9. The first-order valence-electron chi connectivity index (χ1n) is 7.46. The lowest BCUT2D eigenvalue weighted by atomic mass is 10.2. The highest BCUT2D eigenvalue weighted by Crippen LogP contribution is 2.31. The third kappa shape index (κ3) is 3.66. The van der Waals surface area contributed by atoms with Crippen LogP contribution in [-0.4, -0.2) is 45.3 Å². The number of nitrogens with zero attached hydrogens (tertiary/aromatic N) is 3. The van der Waals surface area contributed by atoms with E-state index in [4.69, 9.17) is 9.47 Å². The van der Waals surface area contributed by atoms with Crippen molar-refractivity contribution in [1.82, 2.24) is 19.9 Å². The number of benzene rings is 1. The normalized spacial score (nSPS) is 12.0. The Morgan fingerprint density at radius 1 is 1.24 bits per heavy atom. The Bertz CT molecular complexity index is 898. The van der Waals surface area contributed by atoms with Crippen molar-refractivity contribution in [2.45, 2.75) is 17.2 Å². The summed E-state index contributed by atoms with van der Waals surface area (Å²) in [7, 11) is 3.11. The first-order chi connectivity index (χ1) is 12.1. The third-order valence-corrected chi connectivity index (χ3v) is 4.61. The molecule has 0 fully saturated rings. The third-order valence-electron chi connectivity index (χ3n) is 3.51. The summed E-state index contributed by atoms with van der Waals surface area (Å²) >= 11 is 1.33. The zero-order chi connectivity index (χ0) is 17.8. The minimum absolute atomic E-state index is 0.167. The first kappa shape index (κ1) is 17.0. The number of imidazole rings is 1. The van der Waals surface area contributed by atoms with Crippen molar-refractivity contribution in [3.63, 3.8) is 0 Å². The van der Waals surface area contributed by atoms with Crippen LogP contribution in [0.5, 0.6) is 11.5 Å². The van der Waals surface area contributed by atoms with E-state index >= 15 is 0 Å². The lowest BCUT2D eigenvalue weighted by Crippen LogP contribution is -2.22. The molecular formula is C16H17N5O3S. The minimum Gasteiger partial charge on any atom is -0.497 e. The summed E-state index contributed by atoms with van der Waals surface area (Å²) < 4.78 is 10.5. The van der Waals surface area contributed by atoms with E-state index in [-0.39, 0.29) is 11.2 Å². The summed E-state index contributed by atoms with van der Waals surface area (Å²) in [5.41, 5.74) is 1.87. The monoisotopic (exact) mass is 359 g/mol. The number of nitrogens with one attached hydrogen (secondary N) is 2. The van der Waals surface area contributed by atoms with Crippen LogP contribution in [0.25, 0.3) is 11.2 Å². The number of hydrogen-bond donors (Lipinski definition) is 2. The number of fused-ring (bicyclic) bond motifs is 1. The highest BCUT2D eigenvalue weighted by Gasteiger charge is 2.19. The fourth-order valence-corrected chi connectivity index (χ4v) is 3.07. The standard InChI is InChI=1S/C16H17N5O3S/c1-9(25-16-13-14(18-7-17-13)19-8-20-16)15(22)21-11-5-4-10(23-2)6-12(11)24-3/h4-9H,1-3H3,(H,21,22)(H,17,18,19,20)/t9-/m1/s1. The van der Waals surface area contributed by atoms with Gasteiger partial charge in [-0.25, -0.2) is 15.0 Å². The number of carbonyl (C=O) groups is 1. The van der Waals surface area contributed by atoms with Gasteiger partial charge in [-0.3, -0.25) is 4.79 Å². The molecule has 0 radical (unpaired) electrons. The molecule has 0 spiro atoms. The minimum atomic E-state index is -0.381. The molecule has 0 aliphatic carbocycles. The molecule has 0 bridgehead atoms. The van der Waals surface area contributed by atoms with Crippen LogP contribution in [0, 0.1) is 0 Å². The number of H-pyrrole nitrogens is 1. The fourth-order valence-electron chi connectivity index (χ4n) is 2.19. The summed E-state index contributed by atoms with van der Waals surface area (Å²) in [6.07, 6.45) is 2.99. The van der Waals surface area contributed by atoms with Gasteiger partial charge in [-0.05, 0) is 19.1 Å². The highest BCUT2D eigenvalue weighted by atomic mass is 32.2. The van der Waals surface area contributed by atoms with Gasteiger partial charge < -0.3 is 19.8 Å².